The van der Waals surface area contributed by atoms with Crippen molar-refractivity contribution in [2.24, 2.45) is 0 Å². The Balaban J connectivity index is 3.55. The van der Waals surface area contributed by atoms with Gasteiger partial charge in [0.1, 0.15) is 17.6 Å². The third kappa shape index (κ3) is 17.5. The van der Waals surface area contributed by atoms with Crippen LogP contribution >= 0.6 is 0 Å². The van der Waals surface area contributed by atoms with E-state index in [-0.39, 0.29) is 30.3 Å². The molecule has 0 unspecified atom stereocenters. The molecule has 0 spiro atoms. The molecule has 27 heavy (non-hydrogen) atoms. The molecule has 0 bridgehead atoms. The molecule has 1 amide bonds. The molecule has 0 heterocycles. The predicted octanol–water partition coefficient (Wildman–Crippen LogP) is 4.20. The standard InChI is InChI=1S/C21H37NO5/c1-17(23)13-11-9-7-5-3-4-6-8-10-12-14-20(25)22-19(21(26)27)16-15-18(2)24/h19H,3-16H2,1-2H3,(H,22,25)(H,26,27)/t19-/m1/s1. The van der Waals surface area contributed by atoms with Gasteiger partial charge in [-0.25, -0.2) is 4.79 Å². The minimum absolute atomic E-state index is 0.0773. The number of unbranched alkanes of at least 4 members (excludes halogenated alkanes) is 9. The highest BCUT2D eigenvalue weighted by Crippen LogP contribution is 2.12. The largest absolute Gasteiger partial charge is 0.480 e. The van der Waals surface area contributed by atoms with Gasteiger partial charge in [-0.05, 0) is 33.1 Å². The van der Waals surface area contributed by atoms with Gasteiger partial charge in [-0.2, -0.15) is 0 Å². The van der Waals surface area contributed by atoms with Crippen molar-refractivity contribution in [1.29, 1.82) is 0 Å². The van der Waals surface area contributed by atoms with E-state index in [1.54, 1.807) is 6.92 Å². The van der Waals surface area contributed by atoms with Crippen molar-refractivity contribution in [3.63, 3.8) is 0 Å². The number of aliphatic carboxylic acids is 1. The molecule has 156 valence electrons. The van der Waals surface area contributed by atoms with Gasteiger partial charge in [0.05, 0.1) is 0 Å². The van der Waals surface area contributed by atoms with Gasteiger partial charge in [-0.15, -0.1) is 0 Å². The number of nitrogens with one attached hydrogen (secondary N) is 1. The highest BCUT2D eigenvalue weighted by atomic mass is 16.4. The van der Waals surface area contributed by atoms with E-state index in [1.165, 1.54) is 32.6 Å². The van der Waals surface area contributed by atoms with Crippen molar-refractivity contribution in [1.82, 2.24) is 5.32 Å². The molecule has 0 rings (SSSR count). The zero-order valence-electron chi connectivity index (χ0n) is 17.1. The summed E-state index contributed by atoms with van der Waals surface area (Å²) in [4.78, 5) is 44.7. The SMILES string of the molecule is CC(=O)CCCCCCCCCCCCC(=O)N[C@H](CCC(C)=O)C(=O)O. The van der Waals surface area contributed by atoms with Crippen LogP contribution in [0, 0.1) is 0 Å². The lowest BCUT2D eigenvalue weighted by atomic mass is 10.0. The van der Waals surface area contributed by atoms with Crippen LogP contribution in [0.1, 0.15) is 104 Å². The molecule has 6 heteroatoms. The van der Waals surface area contributed by atoms with Crippen LogP contribution < -0.4 is 5.32 Å². The van der Waals surface area contributed by atoms with Crippen molar-refractivity contribution in [2.45, 2.75) is 110 Å². The van der Waals surface area contributed by atoms with Crippen LogP contribution in [0.15, 0.2) is 0 Å². The first kappa shape index (κ1) is 25.3. The van der Waals surface area contributed by atoms with E-state index in [2.05, 4.69) is 5.32 Å². The second-order valence-corrected chi connectivity index (χ2v) is 7.44. The van der Waals surface area contributed by atoms with Crippen molar-refractivity contribution in [3.05, 3.63) is 0 Å². The number of carbonyl (C=O) groups is 4. The molecule has 0 aromatic heterocycles. The Bertz CT molecular complexity index is 461. The summed E-state index contributed by atoms with van der Waals surface area (Å²) in [6, 6.07) is -0.975. The van der Waals surface area contributed by atoms with Gasteiger partial charge in [0.2, 0.25) is 5.91 Å². The highest BCUT2D eigenvalue weighted by Gasteiger charge is 2.19. The van der Waals surface area contributed by atoms with E-state index in [9.17, 15) is 19.2 Å². The summed E-state index contributed by atoms with van der Waals surface area (Å²) in [5, 5.41) is 11.6. The number of carboxylic acid groups (broad SMARTS) is 1. The molecular weight excluding hydrogens is 346 g/mol. The lowest BCUT2D eigenvalue weighted by molar-refractivity contribution is -0.142. The molecule has 0 aromatic carbocycles. The van der Waals surface area contributed by atoms with Crippen molar-refractivity contribution in [3.8, 4) is 0 Å². The lowest BCUT2D eigenvalue weighted by Gasteiger charge is -2.13. The minimum atomic E-state index is -1.09. The molecule has 0 aliphatic carbocycles. The number of rotatable bonds is 18. The fourth-order valence-electron chi connectivity index (χ4n) is 2.95. The number of carboxylic acids is 1. The Morgan fingerprint density at radius 3 is 1.48 bits per heavy atom. The van der Waals surface area contributed by atoms with Gasteiger partial charge in [0.25, 0.3) is 0 Å². The van der Waals surface area contributed by atoms with Crippen molar-refractivity contribution >= 4 is 23.4 Å². The molecule has 2 N–H and O–H groups in total. The van der Waals surface area contributed by atoms with Crippen LogP contribution in [-0.2, 0) is 19.2 Å². The van der Waals surface area contributed by atoms with Crippen molar-refractivity contribution in [2.75, 3.05) is 0 Å². The molecule has 0 saturated carbocycles. The van der Waals surface area contributed by atoms with Crippen LogP contribution in [-0.4, -0.2) is 34.6 Å². The summed E-state index contributed by atoms with van der Waals surface area (Å²) in [7, 11) is 0. The monoisotopic (exact) mass is 383 g/mol. The average molecular weight is 384 g/mol. The number of carbonyl (C=O) groups excluding carboxylic acids is 3. The first-order valence-electron chi connectivity index (χ1n) is 10.3. The van der Waals surface area contributed by atoms with E-state index >= 15 is 0 Å². The van der Waals surface area contributed by atoms with Crippen LogP contribution in [0.3, 0.4) is 0 Å². The van der Waals surface area contributed by atoms with Crippen molar-refractivity contribution < 1.29 is 24.3 Å². The second kappa shape index (κ2) is 16.5. The summed E-state index contributed by atoms with van der Waals surface area (Å²) < 4.78 is 0. The number of hydrogen-bond acceptors (Lipinski definition) is 4. The van der Waals surface area contributed by atoms with Gasteiger partial charge < -0.3 is 20.0 Å². The fraction of sp³-hybridized carbons (Fsp3) is 0.810. The summed E-state index contributed by atoms with van der Waals surface area (Å²) in [6.45, 7) is 3.05. The minimum Gasteiger partial charge on any atom is -0.480 e. The Morgan fingerprint density at radius 1 is 0.667 bits per heavy atom. The Kier molecular flexibility index (Phi) is 15.4. The topological polar surface area (TPSA) is 101 Å². The Morgan fingerprint density at radius 2 is 1.07 bits per heavy atom. The smallest absolute Gasteiger partial charge is 0.326 e. The Labute approximate surface area is 163 Å². The van der Waals surface area contributed by atoms with Gasteiger partial charge in [0, 0.05) is 19.3 Å². The molecule has 0 aliphatic rings. The number of Topliss-reactive ketones (excluding diaryl/α,β-unsaturated/α-hetero) is 2. The molecule has 0 aromatic rings. The molecule has 1 atom stereocenters. The molecule has 6 nitrogen and oxygen atoms in total. The zero-order chi connectivity index (χ0) is 20.5. The number of ketones is 2. The predicted molar refractivity (Wildman–Crippen MR) is 106 cm³/mol. The Hall–Kier alpha value is -1.72. The van der Waals surface area contributed by atoms with Crippen LogP contribution in [0.2, 0.25) is 0 Å². The average Bonchev–Trinajstić information content (AvgIpc) is 2.58. The summed E-state index contributed by atoms with van der Waals surface area (Å²) in [5.41, 5.74) is 0. The quantitative estimate of drug-likeness (QED) is 0.346. The maximum Gasteiger partial charge on any atom is 0.326 e. The van der Waals surface area contributed by atoms with E-state index in [0.717, 1.165) is 38.5 Å². The van der Waals surface area contributed by atoms with E-state index in [0.29, 0.717) is 12.8 Å². The van der Waals surface area contributed by atoms with Gasteiger partial charge >= 0.3 is 5.97 Å². The van der Waals surface area contributed by atoms with Gasteiger partial charge in [-0.3, -0.25) is 4.79 Å². The third-order valence-corrected chi connectivity index (χ3v) is 4.60. The molecular formula is C21H37NO5. The highest BCUT2D eigenvalue weighted by molar-refractivity contribution is 5.84. The maximum atomic E-state index is 11.8. The van der Waals surface area contributed by atoms with Crippen LogP contribution in [0.4, 0.5) is 0 Å². The van der Waals surface area contributed by atoms with Crippen LogP contribution in [0.25, 0.3) is 0 Å². The fourth-order valence-corrected chi connectivity index (χ4v) is 2.95. The molecule has 0 radical (unpaired) electrons. The summed E-state index contributed by atoms with van der Waals surface area (Å²) in [5.74, 6) is -1.15. The number of amides is 1. The molecule has 0 saturated heterocycles. The van der Waals surface area contributed by atoms with Gasteiger partial charge in [0.15, 0.2) is 0 Å². The van der Waals surface area contributed by atoms with E-state index < -0.39 is 12.0 Å². The molecule has 0 fully saturated rings. The van der Waals surface area contributed by atoms with E-state index in [4.69, 9.17) is 5.11 Å². The lowest BCUT2D eigenvalue weighted by Crippen LogP contribution is -2.40. The van der Waals surface area contributed by atoms with Crippen LogP contribution in [0.5, 0.6) is 0 Å². The summed E-state index contributed by atoms with van der Waals surface area (Å²) in [6.07, 6.45) is 12.3. The normalized spacial score (nSPS) is 11.8. The second-order valence-electron chi connectivity index (χ2n) is 7.44. The van der Waals surface area contributed by atoms with Gasteiger partial charge in [-0.1, -0.05) is 51.4 Å². The third-order valence-electron chi connectivity index (χ3n) is 4.60. The molecule has 0 aliphatic heterocycles. The maximum absolute atomic E-state index is 11.8. The zero-order valence-corrected chi connectivity index (χ0v) is 17.1. The number of hydrogen-bond donors (Lipinski definition) is 2. The summed E-state index contributed by atoms with van der Waals surface area (Å²) >= 11 is 0. The van der Waals surface area contributed by atoms with E-state index in [1.807, 2.05) is 0 Å². The first-order valence-corrected chi connectivity index (χ1v) is 10.3. The first-order chi connectivity index (χ1) is 12.8.